The molecule has 0 amide bonds. The van der Waals surface area contributed by atoms with Gasteiger partial charge in [0.05, 0.1) is 16.4 Å². The molecule has 0 unspecified atom stereocenters. The van der Waals surface area contributed by atoms with Crippen molar-refractivity contribution in [3.63, 3.8) is 0 Å². The van der Waals surface area contributed by atoms with Crippen LogP contribution in [0.4, 0.5) is 17.1 Å². The van der Waals surface area contributed by atoms with Gasteiger partial charge in [-0.3, -0.25) is 0 Å². The highest BCUT2D eigenvalue weighted by Gasteiger charge is 2.47. The molecule has 296 valence electrons. The first-order chi connectivity index (χ1) is 31.3. The zero-order valence-electron chi connectivity index (χ0n) is 34.6. The van der Waals surface area contributed by atoms with Crippen LogP contribution in [0, 0.1) is 0 Å². The third-order valence-corrected chi connectivity index (χ3v) is 13.1. The van der Waals surface area contributed by atoms with Gasteiger partial charge in [0.2, 0.25) is 0 Å². The van der Waals surface area contributed by atoms with E-state index in [0.717, 1.165) is 22.7 Å². The van der Waals surface area contributed by atoms with Crippen LogP contribution in [-0.2, 0) is 5.41 Å². The molecule has 12 rings (SSSR count). The van der Waals surface area contributed by atoms with E-state index in [1.54, 1.807) is 0 Å². The van der Waals surface area contributed by atoms with Gasteiger partial charge in [-0.25, -0.2) is 0 Å². The lowest BCUT2D eigenvalue weighted by atomic mass is 9.67. The molecule has 0 N–H and O–H groups in total. The highest BCUT2D eigenvalue weighted by atomic mass is 15.1. The van der Waals surface area contributed by atoms with Gasteiger partial charge >= 0.3 is 0 Å². The summed E-state index contributed by atoms with van der Waals surface area (Å²) in [6, 6.07) is 93.0. The Hall–Kier alpha value is -8.20. The molecular formula is C61H42N2. The molecule has 0 atom stereocenters. The summed E-state index contributed by atoms with van der Waals surface area (Å²) in [5.74, 6) is 0. The quantitative estimate of drug-likeness (QED) is 0.149. The van der Waals surface area contributed by atoms with E-state index in [1.807, 2.05) is 0 Å². The van der Waals surface area contributed by atoms with Crippen molar-refractivity contribution < 1.29 is 0 Å². The van der Waals surface area contributed by atoms with Crippen molar-refractivity contribution >= 4 is 38.9 Å². The van der Waals surface area contributed by atoms with Crippen molar-refractivity contribution in [2.24, 2.45) is 0 Å². The molecule has 10 aromatic carbocycles. The van der Waals surface area contributed by atoms with Crippen molar-refractivity contribution in [1.82, 2.24) is 4.57 Å². The van der Waals surface area contributed by atoms with E-state index in [-0.39, 0.29) is 0 Å². The number of aromatic nitrogens is 1. The maximum Gasteiger partial charge on any atom is 0.0714 e. The van der Waals surface area contributed by atoms with E-state index in [2.05, 4.69) is 264 Å². The lowest BCUT2D eigenvalue weighted by Gasteiger charge is -2.33. The maximum absolute atomic E-state index is 2.51. The van der Waals surface area contributed by atoms with Crippen molar-refractivity contribution in [2.75, 3.05) is 4.90 Å². The summed E-state index contributed by atoms with van der Waals surface area (Å²) < 4.78 is 2.51. The van der Waals surface area contributed by atoms with Crippen LogP contribution in [0.2, 0.25) is 0 Å². The molecule has 11 aromatic rings. The van der Waals surface area contributed by atoms with Crippen LogP contribution in [0.1, 0.15) is 22.3 Å². The second kappa shape index (κ2) is 15.1. The molecule has 0 saturated carbocycles. The minimum Gasteiger partial charge on any atom is -0.311 e. The maximum atomic E-state index is 2.51. The third-order valence-electron chi connectivity index (χ3n) is 13.1. The summed E-state index contributed by atoms with van der Waals surface area (Å²) in [4.78, 5) is 2.33. The zero-order chi connectivity index (χ0) is 41.7. The number of anilines is 3. The zero-order valence-corrected chi connectivity index (χ0v) is 34.6. The number of nitrogens with zero attached hydrogens (tertiary/aromatic N) is 2. The molecule has 2 nitrogen and oxygen atoms in total. The fourth-order valence-corrected chi connectivity index (χ4v) is 10.3. The van der Waals surface area contributed by atoms with Crippen LogP contribution in [0.25, 0.3) is 60.9 Å². The van der Waals surface area contributed by atoms with E-state index >= 15 is 0 Å². The molecule has 1 heterocycles. The molecule has 0 fully saturated rings. The summed E-state index contributed by atoms with van der Waals surface area (Å²) in [7, 11) is 0. The van der Waals surface area contributed by atoms with Crippen LogP contribution >= 0.6 is 0 Å². The average molecular weight is 803 g/mol. The van der Waals surface area contributed by atoms with E-state index < -0.39 is 5.41 Å². The predicted octanol–water partition coefficient (Wildman–Crippen LogP) is 16.0. The molecule has 0 saturated heterocycles. The van der Waals surface area contributed by atoms with Crippen molar-refractivity contribution in [2.45, 2.75) is 5.41 Å². The first-order valence-electron chi connectivity index (χ1n) is 21.8. The molecule has 2 heteroatoms. The Balaban J connectivity index is 1.03. The minimum absolute atomic E-state index is 0.481. The highest BCUT2D eigenvalue weighted by Crippen LogP contribution is 2.58. The Morgan fingerprint density at radius 1 is 0.333 bits per heavy atom. The van der Waals surface area contributed by atoms with E-state index in [9.17, 15) is 0 Å². The summed E-state index contributed by atoms with van der Waals surface area (Å²) in [5, 5.41) is 2.48. The van der Waals surface area contributed by atoms with Crippen molar-refractivity contribution in [1.29, 1.82) is 0 Å². The van der Waals surface area contributed by atoms with Crippen LogP contribution in [-0.4, -0.2) is 4.57 Å². The summed E-state index contributed by atoms with van der Waals surface area (Å²) in [5.41, 5.74) is 18.9. The van der Waals surface area contributed by atoms with Crippen molar-refractivity contribution in [3.8, 4) is 39.1 Å². The van der Waals surface area contributed by atoms with Crippen molar-refractivity contribution in [3.05, 3.63) is 277 Å². The smallest absolute Gasteiger partial charge is 0.0714 e. The van der Waals surface area contributed by atoms with Gasteiger partial charge < -0.3 is 9.47 Å². The third kappa shape index (κ3) is 5.87. The number of rotatable bonds is 8. The molecule has 0 bridgehead atoms. The molecule has 63 heavy (non-hydrogen) atoms. The summed E-state index contributed by atoms with van der Waals surface area (Å²) in [6.45, 7) is 0. The largest absolute Gasteiger partial charge is 0.311 e. The standard InChI is InChI=1S/C61H42N2/c1-6-18-43(19-7-1)44-30-35-51(36-31-44)62(49-24-12-4-13-25-49)52-37-32-45(33-38-52)46-34-39-53-54-40-41-57-59(60(54)63(58(53)42-46)50-26-14-5-15-27-50)55-28-16-17-29-56(55)61(57,47-20-8-2-9-21-47)48-22-10-3-11-23-48/h1-42H. The van der Waals surface area contributed by atoms with Gasteiger partial charge in [-0.1, -0.05) is 200 Å². The topological polar surface area (TPSA) is 8.17 Å². The first-order valence-corrected chi connectivity index (χ1v) is 21.8. The van der Waals surface area contributed by atoms with E-state index in [1.165, 1.54) is 77.4 Å². The second-order valence-electron chi connectivity index (χ2n) is 16.4. The van der Waals surface area contributed by atoms with Crippen LogP contribution in [0.15, 0.2) is 255 Å². The molecule has 0 spiro atoms. The number of hydrogen-bond donors (Lipinski definition) is 0. The van der Waals surface area contributed by atoms with Gasteiger partial charge in [-0.15, -0.1) is 0 Å². The van der Waals surface area contributed by atoms with Crippen LogP contribution in [0.5, 0.6) is 0 Å². The molecule has 0 aliphatic heterocycles. The highest BCUT2D eigenvalue weighted by molar-refractivity contribution is 6.16. The number of hydrogen-bond acceptors (Lipinski definition) is 1. The van der Waals surface area contributed by atoms with Gasteiger partial charge in [0.25, 0.3) is 0 Å². The molecule has 0 radical (unpaired) electrons. The number of fused-ring (bicyclic) bond motifs is 7. The average Bonchev–Trinajstić information content (AvgIpc) is 3.86. The fraction of sp³-hybridized carbons (Fsp3) is 0.0164. The SMILES string of the molecule is c1ccc(-c2ccc(N(c3ccccc3)c3ccc(-c4ccc5c6ccc7c(c6n(-c6ccccc6)c5c4)-c4ccccc4C7(c4ccccc4)c4ccccc4)cc3)cc2)cc1. The Kier molecular flexibility index (Phi) is 8.76. The number of para-hydroxylation sites is 2. The van der Waals surface area contributed by atoms with Gasteiger partial charge in [0, 0.05) is 39.1 Å². The minimum atomic E-state index is -0.481. The Morgan fingerprint density at radius 3 is 1.41 bits per heavy atom. The summed E-state index contributed by atoms with van der Waals surface area (Å²) >= 11 is 0. The lowest BCUT2D eigenvalue weighted by molar-refractivity contribution is 0.769. The predicted molar refractivity (Wildman–Crippen MR) is 264 cm³/mol. The lowest BCUT2D eigenvalue weighted by Crippen LogP contribution is -2.28. The fourth-order valence-electron chi connectivity index (χ4n) is 10.3. The molecular weight excluding hydrogens is 761 g/mol. The Labute approximate surface area is 368 Å². The molecule has 1 aliphatic rings. The molecule has 1 aromatic heterocycles. The van der Waals surface area contributed by atoms with Gasteiger partial charge in [0.15, 0.2) is 0 Å². The van der Waals surface area contributed by atoms with Gasteiger partial charge in [-0.05, 0) is 105 Å². The van der Waals surface area contributed by atoms with E-state index in [4.69, 9.17) is 0 Å². The second-order valence-corrected chi connectivity index (χ2v) is 16.4. The normalized spacial score (nSPS) is 12.6. The first kappa shape index (κ1) is 36.6. The Bertz CT molecular complexity index is 3350. The van der Waals surface area contributed by atoms with Crippen LogP contribution in [0.3, 0.4) is 0 Å². The van der Waals surface area contributed by atoms with Gasteiger partial charge in [0.1, 0.15) is 0 Å². The van der Waals surface area contributed by atoms with Crippen LogP contribution < -0.4 is 4.90 Å². The Morgan fingerprint density at radius 2 is 0.794 bits per heavy atom. The van der Waals surface area contributed by atoms with E-state index in [0.29, 0.717) is 0 Å². The van der Waals surface area contributed by atoms with Gasteiger partial charge in [-0.2, -0.15) is 0 Å². The molecule has 1 aliphatic carbocycles. The monoisotopic (exact) mass is 802 g/mol. The number of benzene rings is 10. The summed E-state index contributed by atoms with van der Waals surface area (Å²) in [6.07, 6.45) is 0.